The maximum atomic E-state index is 11.6. The number of benzene rings is 1. The van der Waals surface area contributed by atoms with Crippen LogP contribution < -0.4 is 0 Å². The van der Waals surface area contributed by atoms with E-state index in [1.807, 2.05) is 0 Å². The summed E-state index contributed by atoms with van der Waals surface area (Å²) in [6, 6.07) is 6.99. The van der Waals surface area contributed by atoms with Gasteiger partial charge in [-0.1, -0.05) is 29.8 Å². The zero-order chi connectivity index (χ0) is 11.1. The molecule has 2 rings (SSSR count). The van der Waals surface area contributed by atoms with Crippen LogP contribution in [0.25, 0.3) is 0 Å². The summed E-state index contributed by atoms with van der Waals surface area (Å²) in [5.41, 5.74) is -0.294. The molecule has 3 nitrogen and oxygen atoms in total. The van der Waals surface area contributed by atoms with Crippen molar-refractivity contribution >= 4 is 23.5 Å². The lowest BCUT2D eigenvalue weighted by Crippen LogP contribution is -2.27. The van der Waals surface area contributed by atoms with Gasteiger partial charge in [0, 0.05) is 5.02 Å². The molecule has 0 spiro atoms. The number of rotatable bonds is 1. The molecule has 1 saturated heterocycles. The van der Waals surface area contributed by atoms with Gasteiger partial charge in [0.05, 0.1) is 6.42 Å². The second-order valence-electron chi connectivity index (χ2n) is 3.75. The smallest absolute Gasteiger partial charge is 0.324 e. The molecule has 0 aromatic heterocycles. The predicted molar refractivity (Wildman–Crippen MR) is 54.5 cm³/mol. The summed E-state index contributed by atoms with van der Waals surface area (Å²) in [7, 11) is 0. The van der Waals surface area contributed by atoms with Crippen molar-refractivity contribution in [3.8, 4) is 0 Å². The van der Waals surface area contributed by atoms with Gasteiger partial charge in [0.25, 0.3) is 0 Å². The fraction of sp³-hybridized carbons (Fsp3) is 0.273. The molecule has 0 N–H and O–H groups in total. The van der Waals surface area contributed by atoms with Crippen LogP contribution in [-0.2, 0) is 19.7 Å². The largest absolute Gasteiger partial charge is 0.392 e. The summed E-state index contributed by atoms with van der Waals surface area (Å²) in [6.07, 6.45) is 0.0512. The lowest BCUT2D eigenvalue weighted by atomic mass is 9.81. The first-order valence-corrected chi connectivity index (χ1v) is 4.92. The zero-order valence-electron chi connectivity index (χ0n) is 8.12. The highest BCUT2D eigenvalue weighted by molar-refractivity contribution is 6.32. The molecule has 1 aliphatic heterocycles. The number of hydrogen-bond donors (Lipinski definition) is 0. The van der Waals surface area contributed by atoms with Crippen LogP contribution in [0.4, 0.5) is 0 Å². The molecule has 15 heavy (non-hydrogen) atoms. The third-order valence-electron chi connectivity index (χ3n) is 2.62. The van der Waals surface area contributed by atoms with Crippen molar-refractivity contribution in [1.82, 2.24) is 0 Å². The fourth-order valence-electron chi connectivity index (χ4n) is 1.73. The normalized spacial score (nSPS) is 25.5. The van der Waals surface area contributed by atoms with Crippen LogP contribution in [0.3, 0.4) is 0 Å². The van der Waals surface area contributed by atoms with Gasteiger partial charge in [-0.3, -0.25) is 9.59 Å². The average Bonchev–Trinajstić information content (AvgIpc) is 2.42. The number of halogens is 1. The molecular formula is C11H9ClO3. The van der Waals surface area contributed by atoms with E-state index in [4.69, 9.17) is 11.6 Å². The molecule has 1 atom stereocenters. The SMILES string of the molecule is CC1(c2ccccc2Cl)CC(=O)OC1=O. The van der Waals surface area contributed by atoms with Gasteiger partial charge in [-0.25, -0.2) is 0 Å². The molecule has 1 heterocycles. The number of esters is 2. The van der Waals surface area contributed by atoms with Gasteiger partial charge in [0.1, 0.15) is 5.41 Å². The lowest BCUT2D eigenvalue weighted by molar-refractivity contribution is -0.153. The number of cyclic esters (lactones) is 2. The molecule has 1 aliphatic rings. The third-order valence-corrected chi connectivity index (χ3v) is 2.95. The van der Waals surface area contributed by atoms with Gasteiger partial charge >= 0.3 is 11.9 Å². The summed E-state index contributed by atoms with van der Waals surface area (Å²) < 4.78 is 4.55. The van der Waals surface area contributed by atoms with Crippen LogP contribution in [0.5, 0.6) is 0 Å². The molecule has 0 saturated carbocycles. The van der Waals surface area contributed by atoms with Gasteiger partial charge in [0.2, 0.25) is 0 Å². The Labute approximate surface area is 92.0 Å². The molecular weight excluding hydrogens is 216 g/mol. The third kappa shape index (κ3) is 1.53. The van der Waals surface area contributed by atoms with Crippen LogP contribution in [0.15, 0.2) is 24.3 Å². The van der Waals surface area contributed by atoms with Crippen molar-refractivity contribution in [2.45, 2.75) is 18.8 Å². The van der Waals surface area contributed by atoms with Crippen LogP contribution in [0, 0.1) is 0 Å². The summed E-state index contributed by atoms with van der Waals surface area (Å²) in [5, 5.41) is 0.478. The molecule has 1 unspecified atom stereocenters. The van der Waals surface area contributed by atoms with E-state index < -0.39 is 17.4 Å². The van der Waals surface area contributed by atoms with Crippen molar-refractivity contribution < 1.29 is 14.3 Å². The molecule has 0 radical (unpaired) electrons. The lowest BCUT2D eigenvalue weighted by Gasteiger charge is -2.19. The summed E-state index contributed by atoms with van der Waals surface area (Å²) >= 11 is 5.99. The predicted octanol–water partition coefficient (Wildman–Crippen LogP) is 2.07. The highest BCUT2D eigenvalue weighted by Crippen LogP contribution is 2.38. The van der Waals surface area contributed by atoms with Crippen LogP contribution in [0.1, 0.15) is 18.9 Å². The summed E-state index contributed by atoms with van der Waals surface area (Å²) in [6.45, 7) is 1.67. The monoisotopic (exact) mass is 224 g/mol. The maximum Gasteiger partial charge on any atom is 0.324 e. The van der Waals surface area contributed by atoms with E-state index in [2.05, 4.69) is 4.74 Å². The van der Waals surface area contributed by atoms with Crippen LogP contribution in [-0.4, -0.2) is 11.9 Å². The number of carbonyl (C=O) groups is 2. The molecule has 78 valence electrons. The average molecular weight is 225 g/mol. The van der Waals surface area contributed by atoms with Gasteiger partial charge < -0.3 is 4.74 Å². The minimum atomic E-state index is -0.935. The summed E-state index contributed by atoms with van der Waals surface area (Å²) in [4.78, 5) is 22.6. The Morgan fingerprint density at radius 3 is 2.53 bits per heavy atom. The van der Waals surface area contributed by atoms with Gasteiger partial charge in [0.15, 0.2) is 0 Å². The Morgan fingerprint density at radius 1 is 1.33 bits per heavy atom. The van der Waals surface area contributed by atoms with Gasteiger partial charge in [-0.05, 0) is 18.6 Å². The van der Waals surface area contributed by atoms with E-state index in [9.17, 15) is 9.59 Å². The Morgan fingerprint density at radius 2 is 2.00 bits per heavy atom. The zero-order valence-corrected chi connectivity index (χ0v) is 8.88. The van der Waals surface area contributed by atoms with Crippen molar-refractivity contribution in [2.24, 2.45) is 0 Å². The van der Waals surface area contributed by atoms with E-state index in [1.165, 1.54) is 0 Å². The molecule has 1 aromatic rings. The number of hydrogen-bond acceptors (Lipinski definition) is 3. The molecule has 4 heteroatoms. The minimum Gasteiger partial charge on any atom is -0.392 e. The first-order valence-electron chi connectivity index (χ1n) is 4.54. The number of carbonyl (C=O) groups excluding carboxylic acids is 2. The van der Waals surface area contributed by atoms with Crippen molar-refractivity contribution in [2.75, 3.05) is 0 Å². The molecule has 1 fully saturated rings. The highest BCUT2D eigenvalue weighted by atomic mass is 35.5. The van der Waals surface area contributed by atoms with E-state index in [-0.39, 0.29) is 6.42 Å². The quantitative estimate of drug-likeness (QED) is 0.542. The van der Waals surface area contributed by atoms with Gasteiger partial charge in [-0.15, -0.1) is 0 Å². The van der Waals surface area contributed by atoms with E-state index in [0.29, 0.717) is 10.6 Å². The highest BCUT2D eigenvalue weighted by Gasteiger charge is 2.47. The Hall–Kier alpha value is -1.35. The van der Waals surface area contributed by atoms with Crippen LogP contribution in [0.2, 0.25) is 5.02 Å². The maximum absolute atomic E-state index is 11.6. The topological polar surface area (TPSA) is 43.4 Å². The van der Waals surface area contributed by atoms with Crippen molar-refractivity contribution in [3.05, 3.63) is 34.9 Å². The van der Waals surface area contributed by atoms with Crippen molar-refractivity contribution in [3.63, 3.8) is 0 Å². The molecule has 1 aromatic carbocycles. The molecule has 0 bridgehead atoms. The fourth-order valence-corrected chi connectivity index (χ4v) is 2.07. The summed E-state index contributed by atoms with van der Waals surface area (Å²) in [5.74, 6) is -1.02. The Bertz CT molecular complexity index is 441. The second kappa shape index (κ2) is 3.35. The van der Waals surface area contributed by atoms with Crippen LogP contribution >= 0.6 is 11.6 Å². The minimum absolute atomic E-state index is 0.0512. The molecule has 0 amide bonds. The van der Waals surface area contributed by atoms with E-state index in [0.717, 1.165) is 0 Å². The van der Waals surface area contributed by atoms with E-state index >= 15 is 0 Å². The second-order valence-corrected chi connectivity index (χ2v) is 4.16. The van der Waals surface area contributed by atoms with E-state index in [1.54, 1.807) is 31.2 Å². The van der Waals surface area contributed by atoms with Gasteiger partial charge in [-0.2, -0.15) is 0 Å². The Kier molecular flexibility index (Phi) is 2.27. The molecule has 0 aliphatic carbocycles. The Balaban J connectivity index is 2.51. The first kappa shape index (κ1) is 10.2. The first-order chi connectivity index (χ1) is 7.04. The number of ether oxygens (including phenoxy) is 1. The van der Waals surface area contributed by atoms with Crippen molar-refractivity contribution in [1.29, 1.82) is 0 Å². The standard InChI is InChI=1S/C11H9ClO3/c1-11(6-9(13)15-10(11)14)7-4-2-3-5-8(7)12/h2-5H,6H2,1H3.